The first-order chi connectivity index (χ1) is 15.6. The van der Waals surface area contributed by atoms with Crippen LogP contribution in [0.1, 0.15) is 24.8 Å². The molecule has 2 unspecified atom stereocenters. The lowest BCUT2D eigenvalue weighted by molar-refractivity contribution is -0.119. The molecule has 2 aromatic carbocycles. The molecular weight excluding hydrogens is 438 g/mol. The number of likely N-dealkylation sites (tertiary alicyclic amines) is 2. The molecule has 2 aromatic rings. The first kappa shape index (κ1) is 25.3. The predicted octanol–water partition coefficient (Wildman–Crippen LogP) is 4.30. The molecule has 7 heteroatoms. The minimum atomic E-state index is 0. The van der Waals surface area contributed by atoms with Crippen LogP contribution in [0.4, 0.5) is 5.69 Å². The number of hydrogen-bond acceptors (Lipinski definition) is 5. The van der Waals surface area contributed by atoms with Crippen molar-refractivity contribution in [3.63, 3.8) is 0 Å². The number of anilines is 1. The molecule has 2 atom stereocenters. The van der Waals surface area contributed by atoms with Gasteiger partial charge in [-0.15, -0.1) is 12.4 Å². The summed E-state index contributed by atoms with van der Waals surface area (Å²) in [6.45, 7) is 4.01. The Morgan fingerprint density at radius 2 is 1.73 bits per heavy atom. The van der Waals surface area contributed by atoms with Crippen molar-refractivity contribution >= 4 is 24.0 Å². The first-order valence-corrected chi connectivity index (χ1v) is 11.6. The highest BCUT2D eigenvalue weighted by atomic mass is 35.5. The van der Waals surface area contributed by atoms with E-state index in [0.29, 0.717) is 12.0 Å². The molecular formula is C26H36ClN3O3. The van der Waals surface area contributed by atoms with E-state index >= 15 is 0 Å². The topological polar surface area (TPSA) is 54.0 Å². The summed E-state index contributed by atoms with van der Waals surface area (Å²) in [7, 11) is 5.53. The molecule has 2 aliphatic heterocycles. The molecule has 0 aromatic heterocycles. The zero-order valence-corrected chi connectivity index (χ0v) is 20.6. The summed E-state index contributed by atoms with van der Waals surface area (Å²) in [5.74, 6) is 2.53. The van der Waals surface area contributed by atoms with Gasteiger partial charge in [-0.05, 0) is 87.3 Å². The molecule has 6 nitrogen and oxygen atoms in total. The van der Waals surface area contributed by atoms with E-state index in [1.807, 2.05) is 30.3 Å². The van der Waals surface area contributed by atoms with Crippen LogP contribution in [0.5, 0.6) is 11.5 Å². The van der Waals surface area contributed by atoms with Gasteiger partial charge in [-0.25, -0.2) is 0 Å². The molecule has 1 amide bonds. The molecule has 0 aliphatic carbocycles. The van der Waals surface area contributed by atoms with Crippen molar-refractivity contribution in [2.24, 2.45) is 11.8 Å². The molecule has 4 rings (SSSR count). The minimum Gasteiger partial charge on any atom is -0.497 e. The number of halogens is 1. The van der Waals surface area contributed by atoms with Crippen molar-refractivity contribution in [3.8, 4) is 11.5 Å². The van der Waals surface area contributed by atoms with Gasteiger partial charge in [0.2, 0.25) is 5.91 Å². The van der Waals surface area contributed by atoms with Crippen LogP contribution in [0, 0.1) is 11.8 Å². The van der Waals surface area contributed by atoms with E-state index < -0.39 is 0 Å². The fourth-order valence-corrected chi connectivity index (χ4v) is 5.21. The SMILES string of the molecule is COc1ccc(NC(=O)C2CC(C3CCN(Cc4cccc(OC)c4)CC3)N(C)C2)cc1.Cl. The van der Waals surface area contributed by atoms with Crippen LogP contribution in [-0.4, -0.2) is 62.7 Å². The third-order valence-electron chi connectivity index (χ3n) is 7.05. The monoisotopic (exact) mass is 473 g/mol. The fourth-order valence-electron chi connectivity index (χ4n) is 5.21. The third-order valence-corrected chi connectivity index (χ3v) is 7.05. The van der Waals surface area contributed by atoms with Crippen LogP contribution in [0.3, 0.4) is 0 Å². The van der Waals surface area contributed by atoms with Gasteiger partial charge in [0.15, 0.2) is 0 Å². The molecule has 2 saturated heterocycles. The van der Waals surface area contributed by atoms with Gasteiger partial charge in [-0.3, -0.25) is 9.69 Å². The van der Waals surface area contributed by atoms with Crippen LogP contribution in [0.25, 0.3) is 0 Å². The van der Waals surface area contributed by atoms with Crippen molar-refractivity contribution in [1.29, 1.82) is 0 Å². The molecule has 33 heavy (non-hydrogen) atoms. The van der Waals surface area contributed by atoms with E-state index in [0.717, 1.165) is 49.8 Å². The van der Waals surface area contributed by atoms with Gasteiger partial charge in [0.25, 0.3) is 0 Å². The summed E-state index contributed by atoms with van der Waals surface area (Å²) in [6, 6.07) is 16.4. The highest BCUT2D eigenvalue weighted by molar-refractivity contribution is 5.93. The van der Waals surface area contributed by atoms with Crippen molar-refractivity contribution in [2.45, 2.75) is 31.8 Å². The second-order valence-corrected chi connectivity index (χ2v) is 9.12. The van der Waals surface area contributed by atoms with Gasteiger partial charge in [0.05, 0.1) is 20.1 Å². The Labute approximate surface area is 203 Å². The standard InChI is InChI=1S/C26H35N3O3.ClH/c1-28-18-21(26(30)27-22-7-9-23(31-2)10-8-22)16-25(28)20-11-13-29(14-12-20)17-19-5-4-6-24(15-19)32-3;/h4-10,15,20-21,25H,11-14,16-18H2,1-3H3,(H,27,30);1H. The second-order valence-electron chi connectivity index (χ2n) is 9.12. The number of nitrogens with one attached hydrogen (secondary N) is 1. The summed E-state index contributed by atoms with van der Waals surface area (Å²) in [5.41, 5.74) is 2.13. The Hall–Kier alpha value is -2.28. The molecule has 2 heterocycles. The van der Waals surface area contributed by atoms with Crippen LogP contribution in [-0.2, 0) is 11.3 Å². The lowest BCUT2D eigenvalue weighted by Gasteiger charge is -2.37. The Balaban J connectivity index is 0.00000306. The fraction of sp³-hybridized carbons (Fsp3) is 0.500. The van der Waals surface area contributed by atoms with Gasteiger partial charge < -0.3 is 19.7 Å². The Morgan fingerprint density at radius 1 is 1.03 bits per heavy atom. The predicted molar refractivity (Wildman–Crippen MR) is 134 cm³/mol. The quantitative estimate of drug-likeness (QED) is 0.649. The van der Waals surface area contributed by atoms with E-state index in [1.54, 1.807) is 14.2 Å². The molecule has 0 saturated carbocycles. The molecule has 0 spiro atoms. The number of rotatable bonds is 7. The Bertz CT molecular complexity index is 900. The van der Waals surface area contributed by atoms with Crippen molar-refractivity contribution < 1.29 is 14.3 Å². The smallest absolute Gasteiger partial charge is 0.228 e. The molecule has 0 radical (unpaired) electrons. The Kier molecular flexibility index (Phi) is 9.01. The van der Waals surface area contributed by atoms with Crippen LogP contribution in [0.15, 0.2) is 48.5 Å². The summed E-state index contributed by atoms with van der Waals surface area (Å²) < 4.78 is 10.5. The normalized spacial score (nSPS) is 21.9. The number of piperidine rings is 1. The number of hydrogen-bond donors (Lipinski definition) is 1. The number of benzene rings is 2. The number of carbonyl (C=O) groups excluding carboxylic acids is 1. The van der Waals surface area contributed by atoms with Gasteiger partial charge >= 0.3 is 0 Å². The maximum Gasteiger partial charge on any atom is 0.228 e. The van der Waals surface area contributed by atoms with Gasteiger partial charge in [0, 0.05) is 24.8 Å². The molecule has 180 valence electrons. The summed E-state index contributed by atoms with van der Waals surface area (Å²) in [5, 5.41) is 3.08. The maximum absolute atomic E-state index is 12.9. The van der Waals surface area contributed by atoms with E-state index in [2.05, 4.69) is 40.4 Å². The molecule has 1 N–H and O–H groups in total. The number of carbonyl (C=O) groups is 1. The maximum atomic E-state index is 12.9. The average molecular weight is 474 g/mol. The lowest BCUT2D eigenvalue weighted by Crippen LogP contribution is -2.41. The van der Waals surface area contributed by atoms with E-state index in [-0.39, 0.29) is 24.2 Å². The summed E-state index contributed by atoms with van der Waals surface area (Å²) >= 11 is 0. The first-order valence-electron chi connectivity index (χ1n) is 11.6. The number of methoxy groups -OCH3 is 2. The summed E-state index contributed by atoms with van der Waals surface area (Å²) in [4.78, 5) is 17.8. The third kappa shape index (κ3) is 6.40. The van der Waals surface area contributed by atoms with E-state index in [1.165, 1.54) is 18.4 Å². The van der Waals surface area contributed by atoms with Gasteiger partial charge in [-0.1, -0.05) is 12.1 Å². The number of ether oxygens (including phenoxy) is 2. The van der Waals surface area contributed by atoms with Gasteiger partial charge in [-0.2, -0.15) is 0 Å². The zero-order chi connectivity index (χ0) is 22.5. The lowest BCUT2D eigenvalue weighted by atomic mass is 9.86. The van der Waals surface area contributed by atoms with E-state index in [4.69, 9.17) is 9.47 Å². The molecule has 2 aliphatic rings. The largest absolute Gasteiger partial charge is 0.497 e. The van der Waals surface area contributed by atoms with Gasteiger partial charge in [0.1, 0.15) is 11.5 Å². The Morgan fingerprint density at radius 3 is 2.39 bits per heavy atom. The van der Waals surface area contributed by atoms with Crippen LogP contribution < -0.4 is 14.8 Å². The molecule has 2 fully saturated rings. The number of nitrogens with zero attached hydrogens (tertiary/aromatic N) is 2. The molecule has 0 bridgehead atoms. The van der Waals surface area contributed by atoms with Crippen molar-refractivity contribution in [1.82, 2.24) is 9.80 Å². The van der Waals surface area contributed by atoms with Crippen LogP contribution in [0.2, 0.25) is 0 Å². The van der Waals surface area contributed by atoms with E-state index in [9.17, 15) is 4.79 Å². The number of amides is 1. The highest BCUT2D eigenvalue weighted by Crippen LogP contribution is 2.34. The zero-order valence-electron chi connectivity index (χ0n) is 19.8. The van der Waals surface area contributed by atoms with Crippen LogP contribution >= 0.6 is 12.4 Å². The minimum absolute atomic E-state index is 0. The van der Waals surface area contributed by atoms with Crippen molar-refractivity contribution in [3.05, 3.63) is 54.1 Å². The second kappa shape index (κ2) is 11.7. The average Bonchev–Trinajstić information content (AvgIpc) is 3.22. The van der Waals surface area contributed by atoms with Crippen molar-refractivity contribution in [2.75, 3.05) is 46.2 Å². The summed E-state index contributed by atoms with van der Waals surface area (Å²) in [6.07, 6.45) is 3.32. The highest BCUT2D eigenvalue weighted by Gasteiger charge is 2.39.